The zero-order chi connectivity index (χ0) is 15.0. The number of aromatic nitrogens is 4. The van der Waals surface area contributed by atoms with E-state index >= 15 is 0 Å². The average Bonchev–Trinajstić information content (AvgIpc) is 3.03. The summed E-state index contributed by atoms with van der Waals surface area (Å²) in [5, 5.41) is 8.86. The second-order valence-electron chi connectivity index (χ2n) is 4.94. The smallest absolute Gasteiger partial charge is 0.128 e. The number of hydrogen-bond donors (Lipinski definition) is 0. The molecule has 0 bridgehead atoms. The summed E-state index contributed by atoms with van der Waals surface area (Å²) in [6.07, 6.45) is 3.66. The minimum Gasteiger partial charge on any atom is -0.337 e. The van der Waals surface area contributed by atoms with E-state index in [2.05, 4.69) is 16.0 Å². The Morgan fingerprint density at radius 1 is 1.43 bits per heavy atom. The molecule has 106 valence electrons. The molecule has 2 heterocycles. The fraction of sp³-hybridized carbons (Fsp3) is 0.267. The third-order valence-corrected chi connectivity index (χ3v) is 3.68. The van der Waals surface area contributed by atoms with Crippen LogP contribution in [-0.4, -0.2) is 19.1 Å². The molecule has 0 spiro atoms. The molecule has 0 N–H and O–H groups in total. The van der Waals surface area contributed by atoms with Crippen LogP contribution in [-0.2, 0) is 13.6 Å². The lowest BCUT2D eigenvalue weighted by Crippen LogP contribution is -2.09. The van der Waals surface area contributed by atoms with E-state index in [0.717, 1.165) is 22.7 Å². The minimum atomic E-state index is -0.219. The first-order valence-corrected chi connectivity index (χ1v) is 7.04. The molecule has 3 aromatic rings. The summed E-state index contributed by atoms with van der Waals surface area (Å²) in [5.74, 6) is 1.69. The van der Waals surface area contributed by atoms with Crippen LogP contribution in [0.1, 0.15) is 29.5 Å². The summed E-state index contributed by atoms with van der Waals surface area (Å²) in [6, 6.07) is 7.62. The number of fused-ring (bicyclic) bond motifs is 1. The van der Waals surface area contributed by atoms with E-state index < -0.39 is 0 Å². The quantitative estimate of drug-likeness (QED) is 0.699. The van der Waals surface area contributed by atoms with Gasteiger partial charge in [-0.15, -0.1) is 11.6 Å². The van der Waals surface area contributed by atoms with Gasteiger partial charge in [-0.3, -0.25) is 0 Å². The summed E-state index contributed by atoms with van der Waals surface area (Å²) in [7, 11) is 1.95. The SMILES string of the molecule is CC(Cl)c1nc2ccc(C#N)cc2n1Cc1nccn1C. The fourth-order valence-electron chi connectivity index (χ4n) is 2.37. The Labute approximate surface area is 127 Å². The van der Waals surface area contributed by atoms with Crippen molar-refractivity contribution in [1.29, 1.82) is 5.26 Å². The Bertz CT molecular complexity index is 837. The van der Waals surface area contributed by atoms with Crippen molar-refractivity contribution in [1.82, 2.24) is 19.1 Å². The number of benzene rings is 1. The Hall–Kier alpha value is -2.32. The molecule has 0 saturated carbocycles. The van der Waals surface area contributed by atoms with E-state index in [9.17, 15) is 0 Å². The molecule has 1 unspecified atom stereocenters. The molecule has 0 radical (unpaired) electrons. The molecular weight excluding hydrogens is 286 g/mol. The number of halogens is 1. The number of alkyl halides is 1. The van der Waals surface area contributed by atoms with E-state index in [-0.39, 0.29) is 5.38 Å². The number of aryl methyl sites for hydroxylation is 1. The first-order valence-electron chi connectivity index (χ1n) is 6.60. The highest BCUT2D eigenvalue weighted by Gasteiger charge is 2.16. The molecule has 0 aliphatic rings. The number of rotatable bonds is 3. The maximum Gasteiger partial charge on any atom is 0.128 e. The van der Waals surface area contributed by atoms with Crippen LogP contribution in [0.2, 0.25) is 0 Å². The molecule has 0 aliphatic heterocycles. The van der Waals surface area contributed by atoms with Gasteiger partial charge in [0, 0.05) is 19.4 Å². The van der Waals surface area contributed by atoms with E-state index in [1.165, 1.54) is 0 Å². The Kier molecular flexibility index (Phi) is 3.40. The van der Waals surface area contributed by atoms with Crippen LogP contribution in [0.5, 0.6) is 0 Å². The van der Waals surface area contributed by atoms with Crippen LogP contribution < -0.4 is 0 Å². The van der Waals surface area contributed by atoms with Crippen molar-refractivity contribution in [2.45, 2.75) is 18.8 Å². The summed E-state index contributed by atoms with van der Waals surface area (Å²) in [6.45, 7) is 2.46. The predicted molar refractivity (Wildman–Crippen MR) is 81.0 cm³/mol. The molecule has 1 atom stereocenters. The first kappa shape index (κ1) is 13.7. The van der Waals surface area contributed by atoms with Crippen LogP contribution in [0, 0.1) is 11.3 Å². The zero-order valence-corrected chi connectivity index (χ0v) is 12.5. The van der Waals surface area contributed by atoms with Crippen molar-refractivity contribution in [3.8, 4) is 6.07 Å². The molecule has 0 aliphatic carbocycles. The average molecular weight is 300 g/mol. The van der Waals surface area contributed by atoms with Crippen LogP contribution in [0.3, 0.4) is 0 Å². The first-order chi connectivity index (χ1) is 10.1. The summed E-state index contributed by atoms with van der Waals surface area (Å²) >= 11 is 6.26. The van der Waals surface area contributed by atoms with Crippen molar-refractivity contribution in [3.05, 3.63) is 47.8 Å². The predicted octanol–water partition coefficient (Wildman–Crippen LogP) is 2.99. The topological polar surface area (TPSA) is 59.4 Å². The molecule has 0 fully saturated rings. The Morgan fingerprint density at radius 2 is 2.24 bits per heavy atom. The third-order valence-electron chi connectivity index (χ3n) is 3.48. The maximum atomic E-state index is 9.08. The molecular formula is C15H14ClN5. The lowest BCUT2D eigenvalue weighted by molar-refractivity contribution is 0.677. The number of nitriles is 1. The highest BCUT2D eigenvalue weighted by atomic mass is 35.5. The van der Waals surface area contributed by atoms with Crippen LogP contribution in [0.4, 0.5) is 0 Å². The molecule has 0 amide bonds. The van der Waals surface area contributed by atoms with E-state index in [4.69, 9.17) is 16.9 Å². The Morgan fingerprint density at radius 3 is 2.86 bits per heavy atom. The monoisotopic (exact) mass is 299 g/mol. The van der Waals surface area contributed by atoms with Crippen LogP contribution in [0.15, 0.2) is 30.6 Å². The molecule has 2 aromatic heterocycles. The highest BCUT2D eigenvalue weighted by Crippen LogP contribution is 2.26. The second kappa shape index (κ2) is 5.23. The van der Waals surface area contributed by atoms with Gasteiger partial charge in [0.05, 0.1) is 34.6 Å². The van der Waals surface area contributed by atoms with Gasteiger partial charge in [-0.25, -0.2) is 9.97 Å². The van der Waals surface area contributed by atoms with Crippen molar-refractivity contribution in [2.75, 3.05) is 0 Å². The van der Waals surface area contributed by atoms with Crippen molar-refractivity contribution in [3.63, 3.8) is 0 Å². The standard InChI is InChI=1S/C15H14ClN5/c1-10(16)15-19-12-4-3-11(8-17)7-13(12)21(15)9-14-18-5-6-20(14)2/h3-7,10H,9H2,1-2H3. The lowest BCUT2D eigenvalue weighted by atomic mass is 10.2. The minimum absolute atomic E-state index is 0.219. The van der Waals surface area contributed by atoms with Gasteiger partial charge in [-0.1, -0.05) is 0 Å². The second-order valence-corrected chi connectivity index (χ2v) is 5.60. The highest BCUT2D eigenvalue weighted by molar-refractivity contribution is 6.20. The Balaban J connectivity index is 2.19. The van der Waals surface area contributed by atoms with Gasteiger partial charge in [0.25, 0.3) is 0 Å². The molecule has 6 heteroatoms. The lowest BCUT2D eigenvalue weighted by Gasteiger charge is -2.10. The van der Waals surface area contributed by atoms with Crippen LogP contribution >= 0.6 is 11.6 Å². The van der Waals surface area contributed by atoms with Crippen molar-refractivity contribution >= 4 is 22.6 Å². The van der Waals surface area contributed by atoms with Crippen molar-refractivity contribution in [2.24, 2.45) is 7.05 Å². The van der Waals surface area contributed by atoms with Crippen molar-refractivity contribution < 1.29 is 0 Å². The fourth-order valence-corrected chi connectivity index (χ4v) is 2.54. The van der Waals surface area contributed by atoms with Crippen LogP contribution in [0.25, 0.3) is 11.0 Å². The summed E-state index contributed by atoms with van der Waals surface area (Å²) in [4.78, 5) is 8.93. The molecule has 21 heavy (non-hydrogen) atoms. The van der Waals surface area contributed by atoms with Gasteiger partial charge in [-0.2, -0.15) is 5.26 Å². The van der Waals surface area contributed by atoms with Gasteiger partial charge in [0.2, 0.25) is 0 Å². The third kappa shape index (κ3) is 2.39. The zero-order valence-electron chi connectivity index (χ0n) is 11.8. The molecule has 5 nitrogen and oxygen atoms in total. The number of nitrogens with zero attached hydrogens (tertiary/aromatic N) is 5. The van der Waals surface area contributed by atoms with E-state index in [1.807, 2.05) is 41.4 Å². The van der Waals surface area contributed by atoms with Gasteiger partial charge in [0.1, 0.15) is 11.6 Å². The summed E-state index contributed by atoms with van der Waals surface area (Å²) in [5.41, 5.74) is 2.35. The molecule has 1 aromatic carbocycles. The van der Waals surface area contributed by atoms with Gasteiger partial charge < -0.3 is 9.13 Å². The normalized spacial score (nSPS) is 12.5. The van der Waals surface area contributed by atoms with Gasteiger partial charge in [0.15, 0.2) is 0 Å². The number of hydrogen-bond acceptors (Lipinski definition) is 3. The largest absolute Gasteiger partial charge is 0.337 e. The number of imidazole rings is 2. The maximum absolute atomic E-state index is 9.08. The van der Waals surface area contributed by atoms with E-state index in [1.54, 1.807) is 12.3 Å². The van der Waals surface area contributed by atoms with Gasteiger partial charge in [-0.05, 0) is 25.1 Å². The molecule has 0 saturated heterocycles. The molecule has 3 rings (SSSR count). The van der Waals surface area contributed by atoms with E-state index in [0.29, 0.717) is 12.1 Å². The summed E-state index contributed by atoms with van der Waals surface area (Å²) < 4.78 is 3.98. The van der Waals surface area contributed by atoms with Gasteiger partial charge >= 0.3 is 0 Å².